The van der Waals surface area contributed by atoms with Crippen LogP contribution in [0.1, 0.15) is 26.6 Å². The second-order valence-corrected chi connectivity index (χ2v) is 4.61. The minimum absolute atomic E-state index is 0.272. The third kappa shape index (κ3) is 5.25. The van der Waals surface area contributed by atoms with Crippen molar-refractivity contribution in [1.29, 1.82) is 0 Å². The average molecular weight is 242 g/mol. The third-order valence-electron chi connectivity index (χ3n) is 1.82. The molecule has 1 amide bonds. The van der Waals surface area contributed by atoms with Gasteiger partial charge < -0.3 is 15.8 Å². The van der Waals surface area contributed by atoms with Crippen LogP contribution in [-0.4, -0.2) is 44.9 Å². The fourth-order valence-corrected chi connectivity index (χ4v) is 1.16. The van der Waals surface area contributed by atoms with E-state index in [4.69, 9.17) is 10.5 Å². The van der Waals surface area contributed by atoms with Gasteiger partial charge in [-0.15, -0.1) is 10.2 Å². The molecule has 0 radical (unpaired) electrons. The Balaban J connectivity index is 2.44. The smallest absolute Gasteiger partial charge is 0.407 e. The monoisotopic (exact) mass is 242 g/mol. The Bertz CT molecular complexity index is 345. The van der Waals surface area contributed by atoms with Gasteiger partial charge in [0.25, 0.3) is 0 Å². The van der Waals surface area contributed by atoms with Crippen molar-refractivity contribution < 1.29 is 9.53 Å². The molecule has 1 aromatic heterocycles. The Kier molecular flexibility index (Phi) is 4.38. The molecule has 1 unspecified atom stereocenters. The van der Waals surface area contributed by atoms with Crippen LogP contribution in [0.2, 0.25) is 0 Å². The number of nitrogens with zero attached hydrogens (tertiary/aromatic N) is 3. The molecule has 17 heavy (non-hydrogen) atoms. The maximum atomic E-state index is 11.5. The summed E-state index contributed by atoms with van der Waals surface area (Å²) in [4.78, 5) is 11.5. The van der Waals surface area contributed by atoms with E-state index < -0.39 is 11.7 Å². The Morgan fingerprint density at radius 2 is 2.29 bits per heavy atom. The third-order valence-corrected chi connectivity index (χ3v) is 1.82. The molecule has 0 aliphatic heterocycles. The number of carbonyl (C=O) groups excluding carboxylic acids is 1. The van der Waals surface area contributed by atoms with Crippen molar-refractivity contribution >= 4 is 6.09 Å². The highest BCUT2D eigenvalue weighted by Gasteiger charge is 2.19. The number of ether oxygens (including phenoxy) is 1. The summed E-state index contributed by atoms with van der Waals surface area (Å²) >= 11 is 0. The predicted octanol–water partition coefficient (Wildman–Crippen LogP) is -0.406. The molecule has 96 valence electrons. The van der Waals surface area contributed by atoms with Gasteiger partial charge in [-0.3, -0.25) is 0 Å². The molecule has 4 N–H and O–H groups in total. The van der Waals surface area contributed by atoms with Crippen molar-refractivity contribution in [3.05, 3.63) is 5.82 Å². The fourth-order valence-electron chi connectivity index (χ4n) is 1.16. The Hall–Kier alpha value is -1.70. The molecule has 0 saturated heterocycles. The number of nitrogens with one attached hydrogen (secondary N) is 2. The zero-order chi connectivity index (χ0) is 12.9. The molecule has 0 aliphatic carbocycles. The van der Waals surface area contributed by atoms with Crippen LogP contribution >= 0.6 is 0 Å². The lowest BCUT2D eigenvalue weighted by Gasteiger charge is -2.22. The van der Waals surface area contributed by atoms with Gasteiger partial charge in [-0.25, -0.2) is 4.79 Å². The van der Waals surface area contributed by atoms with Crippen molar-refractivity contribution in [3.63, 3.8) is 0 Å². The van der Waals surface area contributed by atoms with Gasteiger partial charge in [0.1, 0.15) is 5.60 Å². The van der Waals surface area contributed by atoms with Crippen LogP contribution in [-0.2, 0) is 11.2 Å². The molecule has 1 heterocycles. The first-order valence-corrected chi connectivity index (χ1v) is 5.32. The number of nitrogens with two attached hydrogens (primary N) is 1. The van der Waals surface area contributed by atoms with Crippen LogP contribution in [0.15, 0.2) is 0 Å². The van der Waals surface area contributed by atoms with Crippen LogP contribution in [0.25, 0.3) is 0 Å². The molecule has 0 saturated carbocycles. The number of H-pyrrole nitrogens is 1. The molecule has 0 bridgehead atoms. The number of alkyl carbamates (subject to hydrolysis) is 1. The standard InChI is InChI=1S/C9H18N6O2/c1-9(2,3)17-8(16)11-6(5-10)4-7-12-14-15-13-7/h6H,4-5,10H2,1-3H3,(H,11,16)(H,12,13,14,15). The number of tetrazole rings is 1. The number of hydrogen-bond donors (Lipinski definition) is 3. The van der Waals surface area contributed by atoms with Crippen LogP contribution in [0.3, 0.4) is 0 Å². The maximum Gasteiger partial charge on any atom is 0.407 e. The number of hydrogen-bond acceptors (Lipinski definition) is 6. The molecule has 1 aromatic rings. The molecule has 1 atom stereocenters. The van der Waals surface area contributed by atoms with E-state index in [9.17, 15) is 4.79 Å². The van der Waals surface area contributed by atoms with Crippen molar-refractivity contribution in [1.82, 2.24) is 25.9 Å². The van der Waals surface area contributed by atoms with Crippen LogP contribution < -0.4 is 11.1 Å². The first-order valence-electron chi connectivity index (χ1n) is 5.32. The van der Waals surface area contributed by atoms with Gasteiger partial charge in [-0.1, -0.05) is 5.21 Å². The Morgan fingerprint density at radius 3 is 2.76 bits per heavy atom. The van der Waals surface area contributed by atoms with Gasteiger partial charge in [-0.2, -0.15) is 5.21 Å². The molecule has 8 nitrogen and oxygen atoms in total. The fraction of sp³-hybridized carbons (Fsp3) is 0.778. The van der Waals surface area contributed by atoms with E-state index in [0.29, 0.717) is 12.2 Å². The van der Waals surface area contributed by atoms with Crippen molar-refractivity contribution in [2.24, 2.45) is 5.73 Å². The summed E-state index contributed by atoms with van der Waals surface area (Å²) in [7, 11) is 0. The molecular weight excluding hydrogens is 224 g/mol. The highest BCUT2D eigenvalue weighted by molar-refractivity contribution is 5.68. The molecule has 1 rings (SSSR count). The number of amides is 1. The van der Waals surface area contributed by atoms with E-state index in [1.165, 1.54) is 0 Å². The van der Waals surface area contributed by atoms with Crippen molar-refractivity contribution in [2.45, 2.75) is 38.8 Å². The first-order chi connectivity index (χ1) is 7.90. The molecule has 0 aromatic carbocycles. The van der Waals surface area contributed by atoms with Gasteiger partial charge in [0.2, 0.25) is 0 Å². The van der Waals surface area contributed by atoms with Gasteiger partial charge in [0.15, 0.2) is 5.82 Å². The van der Waals surface area contributed by atoms with E-state index in [-0.39, 0.29) is 12.6 Å². The summed E-state index contributed by atoms with van der Waals surface area (Å²) in [5, 5.41) is 16.0. The number of aromatic nitrogens is 4. The van der Waals surface area contributed by atoms with Gasteiger partial charge in [0, 0.05) is 13.0 Å². The number of rotatable bonds is 4. The molecule has 8 heteroatoms. The number of aromatic amines is 1. The van der Waals surface area contributed by atoms with Crippen LogP contribution in [0.4, 0.5) is 4.79 Å². The zero-order valence-electron chi connectivity index (χ0n) is 10.2. The average Bonchev–Trinajstić information content (AvgIpc) is 2.66. The van der Waals surface area contributed by atoms with E-state index in [1.54, 1.807) is 20.8 Å². The summed E-state index contributed by atoms with van der Waals surface area (Å²) < 4.78 is 5.12. The van der Waals surface area contributed by atoms with Gasteiger partial charge in [-0.05, 0) is 20.8 Å². The lowest BCUT2D eigenvalue weighted by molar-refractivity contribution is 0.0505. The van der Waals surface area contributed by atoms with Crippen LogP contribution in [0, 0.1) is 0 Å². The normalized spacial score (nSPS) is 13.2. The summed E-state index contributed by atoms with van der Waals surface area (Å²) in [6, 6.07) is -0.276. The predicted molar refractivity (Wildman–Crippen MR) is 60.1 cm³/mol. The molecule has 0 fully saturated rings. The Labute approximate surface area is 99.3 Å². The van der Waals surface area contributed by atoms with Crippen molar-refractivity contribution in [2.75, 3.05) is 6.54 Å². The van der Waals surface area contributed by atoms with E-state index >= 15 is 0 Å². The summed E-state index contributed by atoms with van der Waals surface area (Å²) in [6.07, 6.45) is -0.0943. The highest BCUT2D eigenvalue weighted by atomic mass is 16.6. The summed E-state index contributed by atoms with van der Waals surface area (Å²) in [6.45, 7) is 5.66. The number of carbonyl (C=O) groups is 1. The van der Waals surface area contributed by atoms with Crippen molar-refractivity contribution in [3.8, 4) is 0 Å². The maximum absolute atomic E-state index is 11.5. The quantitative estimate of drug-likeness (QED) is 0.660. The van der Waals surface area contributed by atoms with Gasteiger partial charge in [0.05, 0.1) is 6.04 Å². The first kappa shape index (κ1) is 13.4. The second kappa shape index (κ2) is 5.58. The SMILES string of the molecule is CC(C)(C)OC(=O)NC(CN)Cc1nn[nH]n1. The van der Waals surface area contributed by atoms with E-state index in [1.807, 2.05) is 0 Å². The summed E-state index contributed by atoms with van der Waals surface area (Å²) in [5.74, 6) is 0.497. The molecule has 0 spiro atoms. The highest BCUT2D eigenvalue weighted by Crippen LogP contribution is 2.07. The van der Waals surface area contributed by atoms with E-state index in [0.717, 1.165) is 0 Å². The lowest BCUT2D eigenvalue weighted by atomic mass is 10.2. The molecule has 0 aliphatic rings. The zero-order valence-corrected chi connectivity index (χ0v) is 10.2. The minimum atomic E-state index is -0.532. The van der Waals surface area contributed by atoms with Gasteiger partial charge >= 0.3 is 6.09 Å². The largest absolute Gasteiger partial charge is 0.444 e. The lowest BCUT2D eigenvalue weighted by Crippen LogP contribution is -2.44. The Morgan fingerprint density at radius 1 is 1.59 bits per heavy atom. The second-order valence-electron chi connectivity index (χ2n) is 4.61. The topological polar surface area (TPSA) is 119 Å². The molecular formula is C9H18N6O2. The van der Waals surface area contributed by atoms with Crippen LogP contribution in [0.5, 0.6) is 0 Å². The van der Waals surface area contributed by atoms with E-state index in [2.05, 4.69) is 25.9 Å². The summed E-state index contributed by atoms with van der Waals surface area (Å²) in [5.41, 5.74) is 5.01. The minimum Gasteiger partial charge on any atom is -0.444 e.